The summed E-state index contributed by atoms with van der Waals surface area (Å²) >= 11 is 6.93. The molecule has 0 fully saturated rings. The lowest BCUT2D eigenvalue weighted by molar-refractivity contribution is 0.410. The largest absolute Gasteiger partial charge is 0.496 e. The molecule has 2 aromatic rings. The molecule has 0 amide bonds. The van der Waals surface area contributed by atoms with E-state index in [0.29, 0.717) is 4.47 Å². The van der Waals surface area contributed by atoms with E-state index < -0.39 is 0 Å². The van der Waals surface area contributed by atoms with Crippen molar-refractivity contribution in [2.24, 2.45) is 0 Å². The molecule has 2 rings (SSSR count). The van der Waals surface area contributed by atoms with Gasteiger partial charge >= 0.3 is 0 Å². The van der Waals surface area contributed by atoms with Gasteiger partial charge in [0.25, 0.3) is 0 Å². The predicted molar refractivity (Wildman–Crippen MR) is 82.6 cm³/mol. The number of ether oxygens (including phenoxy) is 1. The average Bonchev–Trinajstić information content (AvgIpc) is 2.41. The second-order valence-corrected chi connectivity index (χ2v) is 5.96. The molecule has 4 heteroatoms. The van der Waals surface area contributed by atoms with Crippen molar-refractivity contribution in [3.8, 4) is 5.75 Å². The van der Waals surface area contributed by atoms with E-state index in [2.05, 4.69) is 31.9 Å². The number of hydrogen-bond acceptors (Lipinski definition) is 1. The van der Waals surface area contributed by atoms with Crippen LogP contribution in [0.4, 0.5) is 4.39 Å². The van der Waals surface area contributed by atoms with E-state index in [-0.39, 0.29) is 10.6 Å². The molecule has 0 N–H and O–H groups in total. The van der Waals surface area contributed by atoms with Gasteiger partial charge in [-0.3, -0.25) is 0 Å². The maximum absolute atomic E-state index is 13.6. The van der Waals surface area contributed by atoms with E-state index in [9.17, 15) is 4.39 Å². The highest BCUT2D eigenvalue weighted by Crippen LogP contribution is 2.40. The second-order valence-electron chi connectivity index (χ2n) is 4.25. The first-order chi connectivity index (χ1) is 9.04. The van der Waals surface area contributed by atoms with Gasteiger partial charge in [0.05, 0.1) is 16.4 Å². The molecular weight excluding hydrogens is 375 g/mol. The van der Waals surface area contributed by atoms with Crippen molar-refractivity contribution in [1.82, 2.24) is 0 Å². The summed E-state index contributed by atoms with van der Waals surface area (Å²) in [5.74, 6) is 0.511. The topological polar surface area (TPSA) is 9.23 Å². The van der Waals surface area contributed by atoms with Crippen molar-refractivity contribution in [3.05, 3.63) is 63.4 Å². The van der Waals surface area contributed by atoms with Crippen molar-refractivity contribution < 1.29 is 9.13 Å². The van der Waals surface area contributed by atoms with E-state index in [1.807, 2.05) is 31.2 Å². The molecule has 100 valence electrons. The second kappa shape index (κ2) is 6.06. The lowest BCUT2D eigenvalue weighted by atomic mass is 10.0. The van der Waals surface area contributed by atoms with Crippen molar-refractivity contribution in [1.29, 1.82) is 0 Å². The molecule has 0 aliphatic carbocycles. The molecule has 19 heavy (non-hydrogen) atoms. The lowest BCUT2D eigenvalue weighted by Gasteiger charge is -2.17. The smallest absolute Gasteiger partial charge is 0.137 e. The van der Waals surface area contributed by atoms with E-state index in [1.165, 1.54) is 6.07 Å². The number of benzene rings is 2. The first-order valence-corrected chi connectivity index (χ1v) is 7.48. The third kappa shape index (κ3) is 3.00. The normalized spacial score (nSPS) is 12.3. The number of methoxy groups -OCH3 is 1. The van der Waals surface area contributed by atoms with Crippen LogP contribution < -0.4 is 4.74 Å². The molecule has 0 aliphatic heterocycles. The Morgan fingerprint density at radius 2 is 1.89 bits per heavy atom. The van der Waals surface area contributed by atoms with Crippen LogP contribution in [0.15, 0.2) is 40.9 Å². The van der Waals surface area contributed by atoms with Crippen molar-refractivity contribution in [3.63, 3.8) is 0 Å². The van der Waals surface area contributed by atoms with Gasteiger partial charge in [-0.2, -0.15) is 0 Å². The van der Waals surface area contributed by atoms with Crippen LogP contribution in [0, 0.1) is 12.7 Å². The molecule has 0 bridgehead atoms. The first kappa shape index (κ1) is 14.5. The fourth-order valence-electron chi connectivity index (χ4n) is 1.94. The third-order valence-corrected chi connectivity index (χ3v) is 4.74. The average molecular weight is 388 g/mol. The number of hydrogen-bond donors (Lipinski definition) is 0. The van der Waals surface area contributed by atoms with E-state index >= 15 is 0 Å². The van der Waals surface area contributed by atoms with Gasteiger partial charge in [0, 0.05) is 5.56 Å². The number of aryl methyl sites for hydroxylation is 1. The summed E-state index contributed by atoms with van der Waals surface area (Å²) in [4.78, 5) is -0.132. The molecular formula is C15H13Br2FO. The molecule has 2 aromatic carbocycles. The van der Waals surface area contributed by atoms with Crippen molar-refractivity contribution >= 4 is 31.9 Å². The summed E-state index contributed by atoms with van der Waals surface area (Å²) < 4.78 is 19.5. The van der Waals surface area contributed by atoms with Crippen LogP contribution in [-0.4, -0.2) is 7.11 Å². The molecule has 0 saturated heterocycles. The Labute approximate surface area is 129 Å². The van der Waals surface area contributed by atoms with Crippen LogP contribution in [0.25, 0.3) is 0 Å². The van der Waals surface area contributed by atoms with E-state index in [0.717, 1.165) is 22.4 Å². The highest BCUT2D eigenvalue weighted by atomic mass is 79.9. The van der Waals surface area contributed by atoms with Gasteiger partial charge in [-0.15, -0.1) is 0 Å². The quantitative estimate of drug-likeness (QED) is 0.641. The monoisotopic (exact) mass is 386 g/mol. The fourth-order valence-corrected chi connectivity index (χ4v) is 3.48. The van der Waals surface area contributed by atoms with Gasteiger partial charge in [0.1, 0.15) is 11.6 Å². The highest BCUT2D eigenvalue weighted by Gasteiger charge is 2.19. The number of rotatable bonds is 3. The molecule has 0 spiro atoms. The maximum Gasteiger partial charge on any atom is 0.137 e. The Balaban J connectivity index is 2.52. The Bertz CT molecular complexity index is 599. The maximum atomic E-state index is 13.6. The SMILES string of the molecule is COc1ccc(C)cc1C(Br)c1cccc(F)c1Br. The van der Waals surface area contributed by atoms with Crippen molar-refractivity contribution in [2.45, 2.75) is 11.8 Å². The van der Waals surface area contributed by atoms with Gasteiger partial charge in [-0.25, -0.2) is 4.39 Å². The molecule has 0 aromatic heterocycles. The summed E-state index contributed by atoms with van der Waals surface area (Å²) in [6.07, 6.45) is 0. The van der Waals surface area contributed by atoms with Crippen LogP contribution >= 0.6 is 31.9 Å². The minimum absolute atomic E-state index is 0.132. The third-order valence-electron chi connectivity index (χ3n) is 2.91. The standard InChI is InChI=1S/C15H13Br2FO/c1-9-6-7-13(19-2)11(8-9)14(16)10-4-3-5-12(18)15(10)17/h3-8,14H,1-2H3. The summed E-state index contributed by atoms with van der Waals surface area (Å²) in [6.45, 7) is 2.02. The zero-order valence-corrected chi connectivity index (χ0v) is 13.8. The Hall–Kier alpha value is -0.870. The van der Waals surface area contributed by atoms with Gasteiger partial charge in [0.2, 0.25) is 0 Å². The first-order valence-electron chi connectivity index (χ1n) is 5.77. The molecule has 0 radical (unpaired) electrons. The van der Waals surface area contributed by atoms with Gasteiger partial charge in [-0.05, 0) is 40.5 Å². The fraction of sp³-hybridized carbons (Fsp3) is 0.200. The summed E-state index contributed by atoms with van der Waals surface area (Å²) in [5, 5.41) is 0. The van der Waals surface area contributed by atoms with Crippen LogP contribution in [0.1, 0.15) is 21.5 Å². The minimum Gasteiger partial charge on any atom is -0.496 e. The zero-order valence-electron chi connectivity index (χ0n) is 10.6. The molecule has 1 atom stereocenters. The number of halogens is 3. The number of alkyl halides is 1. The van der Waals surface area contributed by atoms with Crippen molar-refractivity contribution in [2.75, 3.05) is 7.11 Å². The Morgan fingerprint density at radius 3 is 2.58 bits per heavy atom. The summed E-state index contributed by atoms with van der Waals surface area (Å²) in [5.41, 5.74) is 2.95. The Morgan fingerprint density at radius 1 is 1.16 bits per heavy atom. The summed E-state index contributed by atoms with van der Waals surface area (Å²) in [6, 6.07) is 11.0. The molecule has 0 heterocycles. The van der Waals surface area contributed by atoms with Crippen LogP contribution in [-0.2, 0) is 0 Å². The summed E-state index contributed by atoms with van der Waals surface area (Å²) in [7, 11) is 1.63. The molecule has 1 nitrogen and oxygen atoms in total. The van der Waals surface area contributed by atoms with Crippen LogP contribution in [0.3, 0.4) is 0 Å². The zero-order chi connectivity index (χ0) is 14.0. The predicted octanol–water partition coefficient (Wildman–Crippen LogP) is 5.39. The van der Waals surface area contributed by atoms with Gasteiger partial charge < -0.3 is 4.74 Å². The molecule has 1 unspecified atom stereocenters. The van der Waals surface area contributed by atoms with E-state index in [1.54, 1.807) is 13.2 Å². The Kier molecular flexibility index (Phi) is 4.63. The van der Waals surface area contributed by atoms with Crippen LogP contribution in [0.2, 0.25) is 0 Å². The minimum atomic E-state index is -0.270. The lowest BCUT2D eigenvalue weighted by Crippen LogP contribution is -1.99. The van der Waals surface area contributed by atoms with Gasteiger partial charge in [-0.1, -0.05) is 45.8 Å². The van der Waals surface area contributed by atoms with E-state index in [4.69, 9.17) is 4.74 Å². The van der Waals surface area contributed by atoms with Gasteiger partial charge in [0.15, 0.2) is 0 Å². The highest BCUT2D eigenvalue weighted by molar-refractivity contribution is 9.11. The molecule has 0 saturated carbocycles. The van der Waals surface area contributed by atoms with Crippen LogP contribution in [0.5, 0.6) is 5.75 Å². The molecule has 0 aliphatic rings.